The lowest BCUT2D eigenvalue weighted by molar-refractivity contribution is 0.0690. The maximum atomic E-state index is 11.3. The summed E-state index contributed by atoms with van der Waals surface area (Å²) in [4.78, 5) is 15.5. The maximum absolute atomic E-state index is 11.3. The lowest BCUT2D eigenvalue weighted by Gasteiger charge is -2.06. The van der Waals surface area contributed by atoms with Crippen LogP contribution in [-0.2, 0) is 12.4 Å². The van der Waals surface area contributed by atoms with Crippen LogP contribution in [0.4, 0.5) is 0 Å². The number of carboxylic acids is 1. The number of carboxylic acid groups (broad SMARTS) is 1. The molecule has 1 N–H and O–H groups in total. The summed E-state index contributed by atoms with van der Waals surface area (Å²) in [5.41, 5.74) is 1.27. The zero-order chi connectivity index (χ0) is 14.3. The number of carbonyl (C=O) groups is 1. The minimum absolute atomic E-state index is 0.00262. The van der Waals surface area contributed by atoms with E-state index in [4.69, 9.17) is 16.3 Å². The van der Waals surface area contributed by atoms with Gasteiger partial charge in [-0.15, -0.1) is 11.6 Å². The minimum atomic E-state index is -1.07. The molecule has 1 aromatic carbocycles. The summed E-state index contributed by atoms with van der Waals surface area (Å²) in [7, 11) is 0. The third kappa shape index (κ3) is 2.09. The Morgan fingerprint density at radius 2 is 2.35 bits per heavy atom. The highest BCUT2D eigenvalue weighted by Crippen LogP contribution is 2.35. The molecule has 0 spiro atoms. The van der Waals surface area contributed by atoms with E-state index in [9.17, 15) is 9.90 Å². The standard InChI is InChI=1S/C13H10BrClN2O3/c14-7-1-2-10-8(5-7)12-16-11(13(18)19)9(6-15)17(12)3-4-20-10/h1-2,5H,3-4,6H2,(H,18,19). The Morgan fingerprint density at radius 3 is 3.05 bits per heavy atom. The van der Waals surface area contributed by atoms with Crippen molar-refractivity contribution in [2.45, 2.75) is 12.4 Å². The molecule has 0 bridgehead atoms. The molecule has 0 radical (unpaired) electrons. The van der Waals surface area contributed by atoms with Gasteiger partial charge in [0, 0.05) is 4.47 Å². The van der Waals surface area contributed by atoms with Crippen LogP contribution >= 0.6 is 27.5 Å². The zero-order valence-electron chi connectivity index (χ0n) is 10.3. The van der Waals surface area contributed by atoms with Crippen LogP contribution in [0.25, 0.3) is 11.4 Å². The van der Waals surface area contributed by atoms with Gasteiger partial charge in [0.25, 0.3) is 0 Å². The van der Waals surface area contributed by atoms with Gasteiger partial charge in [-0.05, 0) is 18.2 Å². The Labute approximate surface area is 128 Å². The molecule has 0 amide bonds. The van der Waals surface area contributed by atoms with Crippen molar-refractivity contribution in [2.75, 3.05) is 6.61 Å². The number of hydrogen-bond acceptors (Lipinski definition) is 3. The van der Waals surface area contributed by atoms with Crippen molar-refractivity contribution in [3.05, 3.63) is 34.1 Å². The first-order valence-electron chi connectivity index (χ1n) is 5.93. The number of hydrogen-bond donors (Lipinski definition) is 1. The van der Waals surface area contributed by atoms with E-state index in [0.717, 1.165) is 10.0 Å². The fraction of sp³-hybridized carbons (Fsp3) is 0.231. The quantitative estimate of drug-likeness (QED) is 0.839. The highest BCUT2D eigenvalue weighted by Gasteiger charge is 2.25. The molecule has 0 aliphatic carbocycles. The topological polar surface area (TPSA) is 64.3 Å². The largest absolute Gasteiger partial charge is 0.491 e. The van der Waals surface area contributed by atoms with Crippen LogP contribution in [0.3, 0.4) is 0 Å². The van der Waals surface area contributed by atoms with Crippen molar-refractivity contribution in [3.63, 3.8) is 0 Å². The van der Waals surface area contributed by atoms with Gasteiger partial charge in [0.1, 0.15) is 18.2 Å². The van der Waals surface area contributed by atoms with Crippen LogP contribution < -0.4 is 4.74 Å². The van der Waals surface area contributed by atoms with Crippen molar-refractivity contribution < 1.29 is 14.6 Å². The van der Waals surface area contributed by atoms with E-state index in [0.29, 0.717) is 30.4 Å². The molecule has 0 saturated heterocycles. The molecule has 0 unspecified atom stereocenters. The first-order valence-corrected chi connectivity index (χ1v) is 7.26. The summed E-state index contributed by atoms with van der Waals surface area (Å²) in [6, 6.07) is 5.58. The fourth-order valence-corrected chi connectivity index (χ4v) is 2.92. The number of fused-ring (bicyclic) bond motifs is 3. The van der Waals surface area contributed by atoms with Gasteiger partial charge in [0.2, 0.25) is 0 Å². The van der Waals surface area contributed by atoms with E-state index in [-0.39, 0.29) is 11.6 Å². The number of nitrogens with zero attached hydrogens (tertiary/aromatic N) is 2. The summed E-state index contributed by atoms with van der Waals surface area (Å²) in [6.07, 6.45) is 0. The van der Waals surface area contributed by atoms with E-state index < -0.39 is 5.97 Å². The molecule has 1 aromatic heterocycles. The molecule has 1 aliphatic rings. The first-order chi connectivity index (χ1) is 9.61. The molecule has 2 heterocycles. The van der Waals surface area contributed by atoms with E-state index in [1.807, 2.05) is 22.8 Å². The van der Waals surface area contributed by atoms with E-state index in [1.165, 1.54) is 0 Å². The second-order valence-corrected chi connectivity index (χ2v) is 5.49. The minimum Gasteiger partial charge on any atom is -0.491 e. The summed E-state index contributed by atoms with van der Waals surface area (Å²) in [5.74, 6) is 0.290. The average molecular weight is 358 g/mol. The molecule has 2 aromatic rings. The van der Waals surface area contributed by atoms with Crippen LogP contribution in [0.2, 0.25) is 0 Å². The maximum Gasteiger partial charge on any atom is 0.356 e. The van der Waals surface area contributed by atoms with Crippen molar-refractivity contribution in [1.29, 1.82) is 0 Å². The second kappa shape index (κ2) is 5.10. The molecule has 20 heavy (non-hydrogen) atoms. The number of aromatic carboxylic acids is 1. The normalized spacial score (nSPS) is 13.1. The van der Waals surface area contributed by atoms with Crippen LogP contribution in [0.1, 0.15) is 16.2 Å². The fourth-order valence-electron chi connectivity index (χ4n) is 2.29. The number of imidazole rings is 1. The highest BCUT2D eigenvalue weighted by molar-refractivity contribution is 9.10. The van der Waals surface area contributed by atoms with Gasteiger partial charge in [-0.1, -0.05) is 15.9 Å². The molecule has 0 fully saturated rings. The summed E-state index contributed by atoms with van der Waals surface area (Å²) >= 11 is 9.30. The molecule has 1 aliphatic heterocycles. The van der Waals surface area contributed by atoms with Gasteiger partial charge < -0.3 is 14.4 Å². The van der Waals surface area contributed by atoms with Crippen LogP contribution in [0.15, 0.2) is 22.7 Å². The predicted molar refractivity (Wildman–Crippen MR) is 77.4 cm³/mol. The smallest absolute Gasteiger partial charge is 0.356 e. The van der Waals surface area contributed by atoms with Crippen LogP contribution in [0.5, 0.6) is 5.75 Å². The van der Waals surface area contributed by atoms with Crippen molar-refractivity contribution >= 4 is 33.5 Å². The lowest BCUT2D eigenvalue weighted by Crippen LogP contribution is -2.10. The molecule has 3 rings (SSSR count). The zero-order valence-corrected chi connectivity index (χ0v) is 12.6. The van der Waals surface area contributed by atoms with Crippen LogP contribution in [0, 0.1) is 0 Å². The third-order valence-electron chi connectivity index (χ3n) is 3.16. The summed E-state index contributed by atoms with van der Waals surface area (Å²) < 4.78 is 8.36. The Hall–Kier alpha value is -1.53. The number of benzene rings is 1. The van der Waals surface area contributed by atoms with Gasteiger partial charge in [-0.25, -0.2) is 9.78 Å². The van der Waals surface area contributed by atoms with Crippen molar-refractivity contribution in [3.8, 4) is 17.1 Å². The number of ether oxygens (including phenoxy) is 1. The molecule has 0 atom stereocenters. The number of alkyl halides is 1. The molecule has 104 valence electrons. The Morgan fingerprint density at radius 1 is 1.55 bits per heavy atom. The number of aromatic nitrogens is 2. The molecule has 5 nitrogen and oxygen atoms in total. The highest BCUT2D eigenvalue weighted by atomic mass is 79.9. The Bertz CT molecular complexity index is 699. The van der Waals surface area contributed by atoms with Gasteiger partial charge in [-0.2, -0.15) is 0 Å². The second-order valence-electron chi connectivity index (χ2n) is 4.31. The average Bonchev–Trinajstić information content (AvgIpc) is 2.70. The van der Waals surface area contributed by atoms with Crippen LogP contribution in [-0.4, -0.2) is 27.2 Å². The Balaban J connectivity index is 2.29. The van der Waals surface area contributed by atoms with Gasteiger partial charge in [-0.3, -0.25) is 0 Å². The molecule has 0 saturated carbocycles. The first kappa shape index (κ1) is 13.5. The lowest BCUT2D eigenvalue weighted by atomic mass is 10.2. The SMILES string of the molecule is O=C(O)c1nc2n(c1CCl)CCOc1ccc(Br)cc1-2. The van der Waals surface area contributed by atoms with E-state index in [1.54, 1.807) is 0 Å². The molecule has 7 heteroatoms. The number of rotatable bonds is 2. The summed E-state index contributed by atoms with van der Waals surface area (Å²) in [5, 5.41) is 9.24. The van der Waals surface area contributed by atoms with Crippen molar-refractivity contribution in [1.82, 2.24) is 9.55 Å². The van der Waals surface area contributed by atoms with Gasteiger partial charge >= 0.3 is 5.97 Å². The van der Waals surface area contributed by atoms with Crippen molar-refractivity contribution in [2.24, 2.45) is 0 Å². The van der Waals surface area contributed by atoms with Gasteiger partial charge in [0.05, 0.1) is 23.7 Å². The number of halogens is 2. The molecular weight excluding hydrogens is 348 g/mol. The van der Waals surface area contributed by atoms with Gasteiger partial charge in [0.15, 0.2) is 5.69 Å². The summed E-state index contributed by atoms with van der Waals surface area (Å²) in [6.45, 7) is 0.963. The molecular formula is C13H10BrClN2O3. The Kier molecular flexibility index (Phi) is 3.43. The van der Waals surface area contributed by atoms with E-state index >= 15 is 0 Å². The monoisotopic (exact) mass is 356 g/mol. The van der Waals surface area contributed by atoms with E-state index in [2.05, 4.69) is 20.9 Å². The third-order valence-corrected chi connectivity index (χ3v) is 3.90. The predicted octanol–water partition coefficient (Wildman–Crippen LogP) is 3.14.